The van der Waals surface area contributed by atoms with Crippen LogP contribution >= 0.6 is 0 Å². The van der Waals surface area contributed by atoms with Crippen LogP contribution in [0, 0.1) is 0 Å². The molecule has 1 aliphatic carbocycles. The molecule has 3 nitrogen and oxygen atoms in total. The third kappa shape index (κ3) is 1.89. The van der Waals surface area contributed by atoms with Crippen LogP contribution in [-0.4, -0.2) is 15.3 Å². The lowest BCUT2D eigenvalue weighted by atomic mass is 9.82. The van der Waals surface area contributed by atoms with Gasteiger partial charge in [0.25, 0.3) is 0 Å². The van der Waals surface area contributed by atoms with Crippen molar-refractivity contribution in [1.82, 2.24) is 9.78 Å². The fourth-order valence-electron chi connectivity index (χ4n) is 3.02. The van der Waals surface area contributed by atoms with Gasteiger partial charge in [0.05, 0.1) is 5.69 Å². The van der Waals surface area contributed by atoms with Crippen LogP contribution in [-0.2, 0) is 12.5 Å². The molecule has 0 spiro atoms. The van der Waals surface area contributed by atoms with Crippen molar-refractivity contribution in [1.29, 1.82) is 0 Å². The molecular formula is C16H21N3. The monoisotopic (exact) mass is 255 g/mol. The van der Waals surface area contributed by atoms with Crippen molar-refractivity contribution in [2.75, 3.05) is 0 Å². The molecule has 0 unspecified atom stereocenters. The van der Waals surface area contributed by atoms with Gasteiger partial charge < -0.3 is 5.73 Å². The highest BCUT2D eigenvalue weighted by Crippen LogP contribution is 2.54. The fourth-order valence-corrected chi connectivity index (χ4v) is 3.02. The zero-order valence-electron chi connectivity index (χ0n) is 11.9. The van der Waals surface area contributed by atoms with E-state index in [9.17, 15) is 0 Å². The number of benzene rings is 1. The van der Waals surface area contributed by atoms with E-state index in [4.69, 9.17) is 5.73 Å². The number of hydrogen-bond acceptors (Lipinski definition) is 2. The smallest absolute Gasteiger partial charge is 0.0926 e. The molecule has 1 saturated carbocycles. The molecule has 0 aliphatic heterocycles. The van der Waals surface area contributed by atoms with Gasteiger partial charge in [-0.15, -0.1) is 0 Å². The molecule has 1 fully saturated rings. The zero-order chi connectivity index (χ0) is 13.7. The van der Waals surface area contributed by atoms with E-state index in [1.807, 2.05) is 29.9 Å². The summed E-state index contributed by atoms with van der Waals surface area (Å²) in [4.78, 5) is 0. The second-order valence-electron chi connectivity index (χ2n) is 6.21. The first-order chi connectivity index (χ1) is 8.94. The maximum Gasteiger partial charge on any atom is 0.0926 e. The lowest BCUT2D eigenvalue weighted by Gasteiger charge is -2.30. The molecule has 19 heavy (non-hydrogen) atoms. The van der Waals surface area contributed by atoms with Crippen molar-refractivity contribution < 1.29 is 0 Å². The van der Waals surface area contributed by atoms with Gasteiger partial charge in [-0.3, -0.25) is 4.68 Å². The summed E-state index contributed by atoms with van der Waals surface area (Å²) in [6, 6.07) is 12.5. The van der Waals surface area contributed by atoms with Crippen molar-refractivity contribution in [3.63, 3.8) is 0 Å². The molecule has 0 amide bonds. The average Bonchev–Trinajstić information content (AvgIpc) is 3.09. The SMILES string of the molecule is Cn1nc(-c2ccccc2)cc1C1(C(C)(C)N)CC1. The Bertz CT molecular complexity index is 586. The molecule has 3 heteroatoms. The first-order valence-corrected chi connectivity index (χ1v) is 6.83. The van der Waals surface area contributed by atoms with E-state index < -0.39 is 0 Å². The quantitative estimate of drug-likeness (QED) is 0.916. The summed E-state index contributed by atoms with van der Waals surface area (Å²) in [7, 11) is 2.02. The van der Waals surface area contributed by atoms with Crippen molar-refractivity contribution in [3.05, 3.63) is 42.1 Å². The molecule has 2 N–H and O–H groups in total. The van der Waals surface area contributed by atoms with E-state index in [0.717, 1.165) is 24.1 Å². The summed E-state index contributed by atoms with van der Waals surface area (Å²) in [6.07, 6.45) is 2.31. The maximum absolute atomic E-state index is 6.38. The van der Waals surface area contributed by atoms with Crippen LogP contribution < -0.4 is 5.73 Å². The topological polar surface area (TPSA) is 43.8 Å². The van der Waals surface area contributed by atoms with Crippen molar-refractivity contribution in [2.24, 2.45) is 12.8 Å². The fraction of sp³-hybridized carbons (Fsp3) is 0.438. The number of hydrogen-bond donors (Lipinski definition) is 1. The van der Waals surface area contributed by atoms with E-state index in [1.54, 1.807) is 0 Å². The number of rotatable bonds is 3. The Morgan fingerprint density at radius 1 is 1.21 bits per heavy atom. The molecule has 0 atom stereocenters. The Morgan fingerprint density at radius 3 is 2.37 bits per heavy atom. The van der Waals surface area contributed by atoms with E-state index in [-0.39, 0.29) is 11.0 Å². The molecule has 1 aromatic heterocycles. The number of aromatic nitrogens is 2. The average molecular weight is 255 g/mol. The van der Waals surface area contributed by atoms with Gasteiger partial charge in [-0.25, -0.2) is 0 Å². The van der Waals surface area contributed by atoms with Gasteiger partial charge in [-0.2, -0.15) is 5.10 Å². The minimum atomic E-state index is -0.200. The van der Waals surface area contributed by atoms with Gasteiger partial charge in [-0.1, -0.05) is 30.3 Å². The lowest BCUT2D eigenvalue weighted by Crippen LogP contribution is -2.46. The number of aryl methyl sites for hydroxylation is 1. The lowest BCUT2D eigenvalue weighted by molar-refractivity contribution is 0.372. The van der Waals surface area contributed by atoms with Gasteiger partial charge >= 0.3 is 0 Å². The Labute approximate surface area is 114 Å². The highest BCUT2D eigenvalue weighted by Gasteiger charge is 2.55. The standard InChI is InChI=1S/C16H21N3/c1-15(2,17)16(9-10-16)14-11-13(18-19(14)3)12-7-5-4-6-8-12/h4-8,11H,9-10,17H2,1-3H3. The third-order valence-electron chi connectivity index (χ3n) is 4.42. The molecule has 1 aromatic carbocycles. The normalized spacial score (nSPS) is 17.5. The summed E-state index contributed by atoms with van der Waals surface area (Å²) < 4.78 is 2.00. The Balaban J connectivity index is 2.04. The van der Waals surface area contributed by atoms with E-state index >= 15 is 0 Å². The van der Waals surface area contributed by atoms with Crippen LogP contribution in [0.15, 0.2) is 36.4 Å². The molecule has 0 bridgehead atoms. The van der Waals surface area contributed by atoms with Crippen LogP contribution in [0.2, 0.25) is 0 Å². The second kappa shape index (κ2) is 3.94. The molecule has 100 valence electrons. The number of nitrogens with zero attached hydrogens (tertiary/aromatic N) is 2. The van der Waals surface area contributed by atoms with Gasteiger partial charge in [0.15, 0.2) is 0 Å². The van der Waals surface area contributed by atoms with E-state index in [0.29, 0.717) is 0 Å². The third-order valence-corrected chi connectivity index (χ3v) is 4.42. The van der Waals surface area contributed by atoms with Gasteiger partial charge in [0, 0.05) is 29.3 Å². The molecule has 0 saturated heterocycles. The van der Waals surface area contributed by atoms with Gasteiger partial charge in [0.2, 0.25) is 0 Å². The molecule has 1 heterocycles. The van der Waals surface area contributed by atoms with Crippen LogP contribution in [0.4, 0.5) is 0 Å². The van der Waals surface area contributed by atoms with Crippen LogP contribution in [0.5, 0.6) is 0 Å². The molecule has 1 aliphatic rings. The van der Waals surface area contributed by atoms with E-state index in [1.165, 1.54) is 5.69 Å². The van der Waals surface area contributed by atoms with Crippen molar-refractivity contribution >= 4 is 0 Å². The largest absolute Gasteiger partial charge is 0.325 e. The van der Waals surface area contributed by atoms with Crippen LogP contribution in [0.1, 0.15) is 32.4 Å². The molecule has 0 radical (unpaired) electrons. The molecule has 2 aromatic rings. The second-order valence-corrected chi connectivity index (χ2v) is 6.21. The Morgan fingerprint density at radius 2 is 1.84 bits per heavy atom. The van der Waals surface area contributed by atoms with Crippen molar-refractivity contribution in [2.45, 2.75) is 37.6 Å². The Kier molecular flexibility index (Phi) is 2.58. The Hall–Kier alpha value is -1.61. The van der Waals surface area contributed by atoms with Gasteiger partial charge in [-0.05, 0) is 32.8 Å². The van der Waals surface area contributed by atoms with Gasteiger partial charge in [0.1, 0.15) is 0 Å². The summed E-state index contributed by atoms with van der Waals surface area (Å²) in [5, 5.41) is 4.66. The predicted octanol–water partition coefficient (Wildman–Crippen LogP) is 2.86. The minimum Gasteiger partial charge on any atom is -0.325 e. The first kappa shape index (κ1) is 12.4. The van der Waals surface area contributed by atoms with Crippen molar-refractivity contribution in [3.8, 4) is 11.3 Å². The molecule has 3 rings (SSSR count). The summed E-state index contributed by atoms with van der Waals surface area (Å²) in [5.74, 6) is 0. The van der Waals surface area contributed by atoms with E-state index in [2.05, 4.69) is 37.1 Å². The minimum absolute atomic E-state index is 0.0990. The van der Waals surface area contributed by atoms with Crippen LogP contribution in [0.3, 0.4) is 0 Å². The summed E-state index contributed by atoms with van der Waals surface area (Å²) in [6.45, 7) is 4.24. The number of nitrogens with two attached hydrogens (primary N) is 1. The summed E-state index contributed by atoms with van der Waals surface area (Å²) >= 11 is 0. The van der Waals surface area contributed by atoms with Crippen LogP contribution in [0.25, 0.3) is 11.3 Å². The highest BCUT2D eigenvalue weighted by atomic mass is 15.3. The zero-order valence-corrected chi connectivity index (χ0v) is 11.9. The predicted molar refractivity (Wildman–Crippen MR) is 77.8 cm³/mol. The first-order valence-electron chi connectivity index (χ1n) is 6.83. The summed E-state index contributed by atoms with van der Waals surface area (Å²) in [5.41, 5.74) is 9.74. The molecular weight excluding hydrogens is 234 g/mol. The highest BCUT2D eigenvalue weighted by molar-refractivity contribution is 5.60. The maximum atomic E-state index is 6.38.